The fourth-order valence-electron chi connectivity index (χ4n) is 1.92. The van der Waals surface area contributed by atoms with Gasteiger partial charge in [0.1, 0.15) is 6.04 Å². The largest absolute Gasteiger partial charge is 0.462 e. The number of aromatic nitrogens is 2. The van der Waals surface area contributed by atoms with Gasteiger partial charge < -0.3 is 10.1 Å². The van der Waals surface area contributed by atoms with Gasteiger partial charge in [-0.2, -0.15) is 5.10 Å². The first-order valence-corrected chi connectivity index (χ1v) is 7.15. The van der Waals surface area contributed by atoms with E-state index in [1.54, 1.807) is 38.1 Å². The summed E-state index contributed by atoms with van der Waals surface area (Å²) in [5, 5.41) is 6.56. The lowest BCUT2D eigenvalue weighted by atomic mass is 10.2. The summed E-state index contributed by atoms with van der Waals surface area (Å²) >= 11 is 0. The second-order valence-electron chi connectivity index (χ2n) is 4.77. The predicted octanol–water partition coefficient (Wildman–Crippen LogP) is 1.62. The number of carbonyl (C=O) groups excluding carboxylic acids is 2. The first kappa shape index (κ1) is 16.4. The molecule has 0 aliphatic rings. The zero-order valence-corrected chi connectivity index (χ0v) is 12.9. The topological polar surface area (TPSA) is 90.3 Å². The second-order valence-corrected chi connectivity index (χ2v) is 4.77. The van der Waals surface area contributed by atoms with Crippen LogP contribution in [-0.2, 0) is 9.53 Å². The summed E-state index contributed by atoms with van der Waals surface area (Å²) in [6.07, 6.45) is 1.44. The fraction of sp³-hybridized carbons (Fsp3) is 0.250. The molecular weight excluding hydrogens is 298 g/mol. The Morgan fingerprint density at radius 2 is 1.96 bits per heavy atom. The Labute approximate surface area is 132 Å². The van der Waals surface area contributed by atoms with E-state index in [-0.39, 0.29) is 11.5 Å². The van der Waals surface area contributed by atoms with Crippen LogP contribution in [0.25, 0.3) is 0 Å². The molecule has 0 radical (unpaired) electrons. The molecule has 0 fully saturated rings. The van der Waals surface area contributed by atoms with Gasteiger partial charge in [-0.3, -0.25) is 9.59 Å². The maximum absolute atomic E-state index is 12.2. The van der Waals surface area contributed by atoms with Crippen LogP contribution in [0.3, 0.4) is 0 Å². The third kappa shape index (κ3) is 4.03. The van der Waals surface area contributed by atoms with E-state index in [4.69, 9.17) is 4.74 Å². The van der Waals surface area contributed by atoms with Crippen LogP contribution in [0.5, 0.6) is 0 Å². The molecule has 0 aliphatic carbocycles. The number of amides is 1. The molecule has 120 valence electrons. The van der Waals surface area contributed by atoms with Crippen molar-refractivity contribution in [2.24, 2.45) is 0 Å². The van der Waals surface area contributed by atoms with Crippen LogP contribution < -0.4 is 10.9 Å². The van der Waals surface area contributed by atoms with E-state index in [1.807, 2.05) is 0 Å². The molecule has 0 spiro atoms. The average molecular weight is 315 g/mol. The van der Waals surface area contributed by atoms with Gasteiger partial charge in [-0.1, -0.05) is 0 Å². The van der Waals surface area contributed by atoms with Crippen molar-refractivity contribution in [3.63, 3.8) is 0 Å². The van der Waals surface area contributed by atoms with E-state index >= 15 is 0 Å². The molecule has 0 bridgehead atoms. The molecule has 1 N–H and O–H groups in total. The van der Waals surface area contributed by atoms with E-state index in [2.05, 4.69) is 10.4 Å². The van der Waals surface area contributed by atoms with E-state index < -0.39 is 12.0 Å². The Bertz CT molecular complexity index is 752. The molecule has 1 aromatic heterocycles. The average Bonchev–Trinajstić information content (AvgIpc) is 2.55. The molecule has 7 nitrogen and oxygen atoms in total. The van der Waals surface area contributed by atoms with Crippen molar-refractivity contribution in [2.45, 2.75) is 19.9 Å². The maximum Gasteiger partial charge on any atom is 0.338 e. The number of nitrogens with zero attached hydrogens (tertiary/aromatic N) is 2. The zero-order chi connectivity index (χ0) is 16.8. The van der Waals surface area contributed by atoms with E-state index in [1.165, 1.54) is 18.3 Å². The highest BCUT2D eigenvalue weighted by atomic mass is 16.5. The Balaban J connectivity index is 2.07. The molecule has 1 heterocycles. The van der Waals surface area contributed by atoms with Gasteiger partial charge in [-0.25, -0.2) is 9.48 Å². The molecule has 0 aliphatic heterocycles. The quantitative estimate of drug-likeness (QED) is 0.847. The van der Waals surface area contributed by atoms with Gasteiger partial charge in [0.15, 0.2) is 0 Å². The Morgan fingerprint density at radius 1 is 1.26 bits per heavy atom. The maximum atomic E-state index is 12.2. The number of ether oxygens (including phenoxy) is 1. The molecular formula is C16H17N3O4. The van der Waals surface area contributed by atoms with E-state index in [0.717, 1.165) is 4.68 Å². The van der Waals surface area contributed by atoms with Crippen molar-refractivity contribution in [3.8, 4) is 0 Å². The van der Waals surface area contributed by atoms with Crippen molar-refractivity contribution in [1.29, 1.82) is 0 Å². The highest BCUT2D eigenvalue weighted by molar-refractivity contribution is 5.94. The van der Waals surface area contributed by atoms with Crippen LogP contribution >= 0.6 is 0 Å². The van der Waals surface area contributed by atoms with E-state index in [9.17, 15) is 14.4 Å². The van der Waals surface area contributed by atoms with Gasteiger partial charge in [0, 0.05) is 18.0 Å². The highest BCUT2D eigenvalue weighted by Crippen LogP contribution is 2.12. The number of benzene rings is 1. The van der Waals surface area contributed by atoms with Crippen LogP contribution in [0.1, 0.15) is 30.2 Å². The third-order valence-electron chi connectivity index (χ3n) is 3.15. The number of nitrogens with one attached hydrogen (secondary N) is 1. The Kier molecular flexibility index (Phi) is 5.24. The lowest BCUT2D eigenvalue weighted by Crippen LogP contribution is -2.32. The first-order chi connectivity index (χ1) is 11.0. The van der Waals surface area contributed by atoms with Gasteiger partial charge in [0.25, 0.3) is 5.56 Å². The Morgan fingerprint density at radius 3 is 2.57 bits per heavy atom. The first-order valence-electron chi connectivity index (χ1n) is 7.15. The van der Waals surface area contributed by atoms with Crippen molar-refractivity contribution in [2.75, 3.05) is 11.9 Å². The summed E-state index contributed by atoms with van der Waals surface area (Å²) in [6.45, 7) is 3.61. The number of anilines is 1. The van der Waals surface area contributed by atoms with Crippen LogP contribution in [-0.4, -0.2) is 28.3 Å². The molecule has 1 aromatic carbocycles. The SMILES string of the molecule is CCOC(=O)c1ccc(NC(=O)C(C)n2ncccc2=O)cc1. The van der Waals surface area contributed by atoms with Crippen LogP contribution in [0, 0.1) is 0 Å². The summed E-state index contributed by atoms with van der Waals surface area (Å²) in [5.74, 6) is -0.798. The minimum atomic E-state index is -0.756. The minimum absolute atomic E-state index is 0.299. The smallest absolute Gasteiger partial charge is 0.338 e. The number of hydrogen-bond acceptors (Lipinski definition) is 5. The second kappa shape index (κ2) is 7.35. The van der Waals surface area contributed by atoms with Gasteiger partial charge in [-0.05, 0) is 44.2 Å². The summed E-state index contributed by atoms with van der Waals surface area (Å²) in [6, 6.07) is 8.41. The van der Waals surface area contributed by atoms with Crippen molar-refractivity contribution >= 4 is 17.6 Å². The molecule has 7 heteroatoms. The number of carbonyl (C=O) groups is 2. The predicted molar refractivity (Wildman–Crippen MR) is 84.2 cm³/mol. The lowest BCUT2D eigenvalue weighted by molar-refractivity contribution is -0.119. The summed E-state index contributed by atoms with van der Waals surface area (Å²) < 4.78 is 5.99. The van der Waals surface area contributed by atoms with E-state index in [0.29, 0.717) is 17.9 Å². The van der Waals surface area contributed by atoms with Crippen LogP contribution in [0.15, 0.2) is 47.4 Å². The van der Waals surface area contributed by atoms with Crippen LogP contribution in [0.4, 0.5) is 5.69 Å². The normalized spacial score (nSPS) is 11.6. The molecule has 2 aromatic rings. The summed E-state index contributed by atoms with van der Waals surface area (Å²) in [7, 11) is 0. The number of rotatable bonds is 5. The minimum Gasteiger partial charge on any atom is -0.462 e. The molecule has 1 unspecified atom stereocenters. The van der Waals surface area contributed by atoms with Gasteiger partial charge in [0.2, 0.25) is 5.91 Å². The molecule has 0 saturated heterocycles. The van der Waals surface area contributed by atoms with Crippen molar-refractivity contribution in [1.82, 2.24) is 9.78 Å². The third-order valence-corrected chi connectivity index (χ3v) is 3.15. The van der Waals surface area contributed by atoms with Crippen molar-refractivity contribution in [3.05, 3.63) is 58.5 Å². The van der Waals surface area contributed by atoms with Crippen LogP contribution in [0.2, 0.25) is 0 Å². The monoisotopic (exact) mass is 315 g/mol. The molecule has 1 amide bonds. The molecule has 2 rings (SSSR count). The standard InChI is InChI=1S/C16H17N3O4/c1-3-23-16(22)12-6-8-13(9-7-12)18-15(21)11(2)19-14(20)5-4-10-17-19/h4-11H,3H2,1-2H3,(H,18,21). The molecule has 0 saturated carbocycles. The Hall–Kier alpha value is -2.96. The summed E-state index contributed by atoms with van der Waals surface area (Å²) in [4.78, 5) is 35.4. The van der Waals surface area contributed by atoms with Gasteiger partial charge in [0.05, 0.1) is 12.2 Å². The molecule has 1 atom stereocenters. The number of esters is 1. The zero-order valence-electron chi connectivity index (χ0n) is 12.9. The number of hydrogen-bond donors (Lipinski definition) is 1. The van der Waals surface area contributed by atoms with Crippen molar-refractivity contribution < 1.29 is 14.3 Å². The fourth-order valence-corrected chi connectivity index (χ4v) is 1.92. The summed E-state index contributed by atoms with van der Waals surface area (Å²) in [5.41, 5.74) is 0.561. The lowest BCUT2D eigenvalue weighted by Gasteiger charge is -2.13. The van der Waals surface area contributed by atoms with Gasteiger partial charge in [-0.15, -0.1) is 0 Å². The van der Waals surface area contributed by atoms with Gasteiger partial charge >= 0.3 is 5.97 Å². The molecule has 23 heavy (non-hydrogen) atoms. The highest BCUT2D eigenvalue weighted by Gasteiger charge is 2.17.